The maximum absolute atomic E-state index is 11.3. The number of hydrogen-bond donors (Lipinski definition) is 0. The molecule has 4 heteroatoms. The van der Waals surface area contributed by atoms with E-state index in [1.807, 2.05) is 18.2 Å². The number of furan rings is 1. The molecule has 0 bridgehead atoms. The lowest BCUT2D eigenvalue weighted by molar-refractivity contribution is 0.590. The molecule has 286 valence electrons. The summed E-state index contributed by atoms with van der Waals surface area (Å²) in [7, 11) is 0. The Hall–Kier alpha value is -5.79. The Labute approximate surface area is 336 Å². The second kappa shape index (κ2) is 12.1. The summed E-state index contributed by atoms with van der Waals surface area (Å²) in [4.78, 5) is 0. The molecule has 0 amide bonds. The van der Waals surface area contributed by atoms with Gasteiger partial charge in [-0.3, -0.25) is 0 Å². The minimum Gasteiger partial charge on any atom is -0.456 e. The summed E-state index contributed by atoms with van der Waals surface area (Å²) in [5, 5.41) is 18.1. The number of benzene rings is 6. The largest absolute Gasteiger partial charge is 0.456 e. The summed E-state index contributed by atoms with van der Waals surface area (Å²) in [5.74, 6) is 0. The van der Waals surface area contributed by atoms with Crippen LogP contribution in [0.1, 0.15) is 111 Å². The third-order valence-corrected chi connectivity index (χ3v) is 12.2. The molecule has 0 radical (unpaired) electrons. The van der Waals surface area contributed by atoms with Crippen LogP contribution in [0, 0.1) is 11.3 Å². The van der Waals surface area contributed by atoms with Crippen LogP contribution in [0.15, 0.2) is 108 Å². The zero-order valence-corrected chi connectivity index (χ0v) is 35.6. The average Bonchev–Trinajstić information content (AvgIpc) is 3.79. The topological polar surface area (TPSA) is 46.8 Å². The van der Waals surface area contributed by atoms with Crippen LogP contribution < -0.4 is 0 Å². The molecule has 0 fully saturated rings. The fourth-order valence-electron chi connectivity index (χ4n) is 8.78. The van der Waals surface area contributed by atoms with Crippen molar-refractivity contribution in [2.75, 3.05) is 0 Å². The molecule has 0 saturated carbocycles. The van der Waals surface area contributed by atoms with E-state index in [0.29, 0.717) is 11.1 Å². The molecule has 3 aromatic heterocycles. The van der Waals surface area contributed by atoms with Crippen molar-refractivity contribution in [3.05, 3.63) is 131 Å². The molecule has 9 aromatic rings. The van der Waals surface area contributed by atoms with Crippen molar-refractivity contribution in [3.63, 3.8) is 0 Å². The molecule has 9 rings (SSSR count). The number of rotatable bonds is 2. The van der Waals surface area contributed by atoms with Crippen molar-refractivity contribution >= 4 is 65.6 Å². The summed E-state index contributed by atoms with van der Waals surface area (Å²) in [6.45, 7) is 27.3. The smallest absolute Gasteiger partial charge is 0.139 e. The average molecular weight is 748 g/mol. The quantitative estimate of drug-likeness (QED) is 0.177. The Morgan fingerprint density at radius 1 is 0.421 bits per heavy atom. The highest BCUT2D eigenvalue weighted by Crippen LogP contribution is 2.47. The molecule has 0 aliphatic rings. The van der Waals surface area contributed by atoms with Crippen LogP contribution in [0.2, 0.25) is 0 Å². The fourth-order valence-corrected chi connectivity index (χ4v) is 8.78. The zero-order chi connectivity index (χ0) is 40.6. The highest BCUT2D eigenvalue weighted by Gasteiger charge is 2.29. The van der Waals surface area contributed by atoms with Crippen molar-refractivity contribution in [2.24, 2.45) is 0 Å². The number of hydrogen-bond acceptors (Lipinski definition) is 2. The van der Waals surface area contributed by atoms with Gasteiger partial charge in [-0.1, -0.05) is 126 Å². The normalized spacial score (nSPS) is 13.2. The molecule has 3 heterocycles. The lowest BCUT2D eigenvalue weighted by Crippen LogP contribution is -2.11. The van der Waals surface area contributed by atoms with Gasteiger partial charge in [-0.15, -0.1) is 0 Å². The van der Waals surface area contributed by atoms with E-state index < -0.39 is 0 Å². The standard InChI is InChI=1S/C53H53N3O/c1-50(2,3)32-17-21-41-37(26-32)38-27-33(51(4,5)6)18-22-42(38)55(41)48-31(30-54)25-46-47(36-15-13-14-16-45(36)57-46)49(48)56-43-23-19-34(52(7,8)9)28-39(43)40-29-35(53(10,11)12)20-24-44(40)56/h13-29H,1-12H3. The number of fused-ring (bicyclic) bond motifs is 9. The van der Waals surface area contributed by atoms with Gasteiger partial charge in [-0.2, -0.15) is 5.26 Å². The Bertz CT molecular complexity index is 3020. The van der Waals surface area contributed by atoms with E-state index in [-0.39, 0.29) is 21.7 Å². The number of nitriles is 1. The first-order valence-corrected chi connectivity index (χ1v) is 20.3. The van der Waals surface area contributed by atoms with Crippen LogP contribution in [0.3, 0.4) is 0 Å². The molecule has 6 aromatic carbocycles. The second-order valence-corrected chi connectivity index (χ2v) is 20.3. The number of para-hydroxylation sites is 1. The van der Waals surface area contributed by atoms with Gasteiger partial charge in [0.05, 0.1) is 44.4 Å². The van der Waals surface area contributed by atoms with Gasteiger partial charge in [0.2, 0.25) is 0 Å². The van der Waals surface area contributed by atoms with Crippen molar-refractivity contribution in [2.45, 2.75) is 105 Å². The van der Waals surface area contributed by atoms with Crippen molar-refractivity contribution in [1.29, 1.82) is 5.26 Å². The fraction of sp³-hybridized carbons (Fsp3) is 0.302. The molecule has 0 atom stereocenters. The van der Waals surface area contributed by atoms with Gasteiger partial charge in [0.1, 0.15) is 17.2 Å². The van der Waals surface area contributed by atoms with Crippen LogP contribution in [-0.2, 0) is 21.7 Å². The van der Waals surface area contributed by atoms with E-state index in [1.165, 1.54) is 43.8 Å². The number of aromatic nitrogens is 2. The molecule has 0 aliphatic carbocycles. The molecule has 0 spiro atoms. The van der Waals surface area contributed by atoms with E-state index in [9.17, 15) is 5.26 Å². The Kier molecular flexibility index (Phi) is 7.82. The first-order valence-electron chi connectivity index (χ1n) is 20.3. The molecule has 0 unspecified atom stereocenters. The molecule has 0 N–H and O–H groups in total. The zero-order valence-electron chi connectivity index (χ0n) is 35.6. The summed E-state index contributed by atoms with van der Waals surface area (Å²) in [6, 6.07) is 40.7. The van der Waals surface area contributed by atoms with Gasteiger partial charge in [0, 0.05) is 33.0 Å². The first-order chi connectivity index (χ1) is 26.8. The summed E-state index contributed by atoms with van der Waals surface area (Å²) >= 11 is 0. The lowest BCUT2D eigenvalue weighted by atomic mass is 9.85. The van der Waals surface area contributed by atoms with E-state index >= 15 is 0 Å². The van der Waals surface area contributed by atoms with Gasteiger partial charge < -0.3 is 13.6 Å². The predicted molar refractivity (Wildman–Crippen MR) is 242 cm³/mol. The second-order valence-electron chi connectivity index (χ2n) is 20.3. The Morgan fingerprint density at radius 3 is 1.16 bits per heavy atom. The van der Waals surface area contributed by atoms with Crippen LogP contribution >= 0.6 is 0 Å². The maximum atomic E-state index is 11.3. The molecule has 0 aliphatic heterocycles. The van der Waals surface area contributed by atoms with Gasteiger partial charge >= 0.3 is 0 Å². The SMILES string of the molecule is CC(C)(C)c1ccc2c(c1)c1cc(C(C)(C)C)ccc1n2-c1c(C#N)cc2oc3ccccc3c2c1-n1c2ccc(C(C)(C)C)cc2c2cc(C(C)(C)C)ccc21. The third kappa shape index (κ3) is 5.69. The van der Waals surface area contributed by atoms with Gasteiger partial charge in [-0.05, 0) is 98.5 Å². The lowest BCUT2D eigenvalue weighted by Gasteiger charge is -2.22. The first kappa shape index (κ1) is 36.8. The van der Waals surface area contributed by atoms with Crippen LogP contribution in [0.4, 0.5) is 0 Å². The van der Waals surface area contributed by atoms with Crippen LogP contribution in [0.25, 0.3) is 76.9 Å². The summed E-state index contributed by atoms with van der Waals surface area (Å²) in [6.07, 6.45) is 0. The van der Waals surface area contributed by atoms with Crippen LogP contribution in [0.5, 0.6) is 0 Å². The predicted octanol–water partition coefficient (Wildman–Crippen LogP) is 14.8. The monoisotopic (exact) mass is 747 g/mol. The van der Waals surface area contributed by atoms with Crippen molar-refractivity contribution < 1.29 is 4.42 Å². The molecule has 4 nitrogen and oxygen atoms in total. The van der Waals surface area contributed by atoms with Crippen molar-refractivity contribution in [3.8, 4) is 17.4 Å². The summed E-state index contributed by atoms with van der Waals surface area (Å²) < 4.78 is 11.5. The maximum Gasteiger partial charge on any atom is 0.139 e. The van der Waals surface area contributed by atoms with Crippen LogP contribution in [-0.4, -0.2) is 9.13 Å². The van der Waals surface area contributed by atoms with Gasteiger partial charge in [-0.25, -0.2) is 0 Å². The Morgan fingerprint density at radius 2 is 0.789 bits per heavy atom. The van der Waals surface area contributed by atoms with E-state index in [4.69, 9.17) is 4.42 Å². The van der Waals surface area contributed by atoms with E-state index in [0.717, 1.165) is 49.8 Å². The minimum absolute atomic E-state index is 0.0368. The van der Waals surface area contributed by atoms with E-state index in [1.54, 1.807) is 0 Å². The highest BCUT2D eigenvalue weighted by molar-refractivity contribution is 6.18. The molecule has 0 saturated heterocycles. The summed E-state index contributed by atoms with van der Waals surface area (Å²) in [5.41, 5.74) is 13.1. The molecular formula is C53H53N3O. The third-order valence-electron chi connectivity index (χ3n) is 12.2. The highest BCUT2D eigenvalue weighted by atomic mass is 16.3. The minimum atomic E-state index is -0.0391. The number of nitrogens with zero attached hydrogens (tertiary/aromatic N) is 3. The molecule has 57 heavy (non-hydrogen) atoms. The van der Waals surface area contributed by atoms with E-state index in [2.05, 4.69) is 183 Å². The Balaban J connectivity index is 1.54. The van der Waals surface area contributed by atoms with Gasteiger partial charge in [0.15, 0.2) is 0 Å². The van der Waals surface area contributed by atoms with Crippen molar-refractivity contribution in [1.82, 2.24) is 9.13 Å². The molecular weight excluding hydrogens is 695 g/mol. The van der Waals surface area contributed by atoms with Gasteiger partial charge in [0.25, 0.3) is 0 Å².